The zero-order valence-corrected chi connectivity index (χ0v) is 16.6. The fraction of sp³-hybridized carbons (Fsp3) is 0.368. The first kappa shape index (κ1) is 21.1. The number of halogens is 3. The average Bonchev–Trinajstić information content (AvgIpc) is 2.62. The summed E-state index contributed by atoms with van der Waals surface area (Å²) < 4.78 is 25.3. The highest BCUT2D eigenvalue weighted by atomic mass is 79.9. The molecule has 2 aromatic rings. The van der Waals surface area contributed by atoms with Gasteiger partial charge in [-0.3, -0.25) is 4.90 Å². The number of benzene rings is 2. The van der Waals surface area contributed by atoms with Crippen molar-refractivity contribution in [3.63, 3.8) is 0 Å². The Morgan fingerprint density at radius 3 is 2.58 bits per heavy atom. The van der Waals surface area contributed by atoms with Gasteiger partial charge < -0.3 is 14.6 Å². The van der Waals surface area contributed by atoms with Crippen molar-refractivity contribution in [1.29, 1.82) is 0 Å². The summed E-state index contributed by atoms with van der Waals surface area (Å²) in [7, 11) is 0. The number of nitrogens with zero attached hydrogens (tertiary/aromatic N) is 1. The Morgan fingerprint density at radius 2 is 1.88 bits per heavy atom. The second-order valence-corrected chi connectivity index (χ2v) is 7.00. The summed E-state index contributed by atoms with van der Waals surface area (Å²) in [6.45, 7) is 2.83. The number of hydrogen-bond donors (Lipinski definition) is 1. The van der Waals surface area contributed by atoms with Gasteiger partial charge in [-0.2, -0.15) is 0 Å². The maximum absolute atomic E-state index is 12.9. The average molecular weight is 447 g/mol. The van der Waals surface area contributed by atoms with Crippen LogP contribution in [0.15, 0.2) is 53.0 Å². The Bertz CT molecular complexity index is 671. The lowest BCUT2D eigenvalue weighted by atomic mass is 10.1. The zero-order valence-electron chi connectivity index (χ0n) is 14.2. The van der Waals surface area contributed by atoms with E-state index in [0.29, 0.717) is 18.9 Å². The molecule has 2 unspecified atom stereocenters. The Labute approximate surface area is 167 Å². The number of aliphatic hydroxyl groups excluding tert-OH is 1. The Balaban J connectivity index is 0.00000243. The molecule has 1 heterocycles. The molecule has 1 fully saturated rings. The fourth-order valence-corrected chi connectivity index (χ4v) is 3.09. The maximum atomic E-state index is 12.9. The third-order valence-corrected chi connectivity index (χ3v) is 4.65. The molecule has 26 heavy (non-hydrogen) atoms. The smallest absolute Gasteiger partial charge is 0.123 e. The largest absolute Gasteiger partial charge is 0.491 e. The van der Waals surface area contributed by atoms with Crippen molar-refractivity contribution in [3.05, 3.63) is 64.4 Å². The van der Waals surface area contributed by atoms with Crippen LogP contribution in [-0.4, -0.2) is 49.0 Å². The first-order valence-corrected chi connectivity index (χ1v) is 9.05. The maximum Gasteiger partial charge on any atom is 0.123 e. The second-order valence-electron chi connectivity index (χ2n) is 6.09. The molecule has 0 aliphatic carbocycles. The molecule has 0 spiro atoms. The van der Waals surface area contributed by atoms with E-state index in [1.54, 1.807) is 12.1 Å². The summed E-state index contributed by atoms with van der Waals surface area (Å²) >= 11 is 3.44. The van der Waals surface area contributed by atoms with Gasteiger partial charge in [0.05, 0.1) is 12.7 Å². The number of morpholine rings is 1. The van der Waals surface area contributed by atoms with Gasteiger partial charge in [0.2, 0.25) is 0 Å². The first-order valence-electron chi connectivity index (χ1n) is 8.26. The Hall–Kier alpha value is -1.18. The van der Waals surface area contributed by atoms with Crippen molar-refractivity contribution in [1.82, 2.24) is 4.90 Å². The van der Waals surface area contributed by atoms with Crippen molar-refractivity contribution in [2.75, 3.05) is 32.8 Å². The molecule has 7 heteroatoms. The highest BCUT2D eigenvalue weighted by molar-refractivity contribution is 9.10. The SMILES string of the molecule is Cl.OC(COc1ccc(F)cc1)CN1CCOC(c2ccc(Br)cc2)C1. The molecular weight excluding hydrogens is 425 g/mol. The molecule has 1 aliphatic rings. The van der Waals surface area contributed by atoms with Crippen LogP contribution in [0, 0.1) is 5.82 Å². The number of ether oxygens (including phenoxy) is 2. The Kier molecular flexibility index (Phi) is 8.31. The molecule has 4 nitrogen and oxygen atoms in total. The monoisotopic (exact) mass is 445 g/mol. The molecule has 3 rings (SSSR count). The summed E-state index contributed by atoms with van der Waals surface area (Å²) in [6, 6.07) is 13.9. The topological polar surface area (TPSA) is 41.9 Å². The van der Waals surface area contributed by atoms with Gasteiger partial charge in [-0.15, -0.1) is 12.4 Å². The standard InChI is InChI=1S/C19H21BrFNO3.ClH/c20-15-3-1-14(2-4-15)19-12-22(9-10-24-19)11-17(23)13-25-18-7-5-16(21)6-8-18;/h1-8,17,19,23H,9-13H2;1H. The summed E-state index contributed by atoms with van der Waals surface area (Å²) in [5, 5.41) is 10.2. The van der Waals surface area contributed by atoms with Crippen LogP contribution in [0.4, 0.5) is 4.39 Å². The highest BCUT2D eigenvalue weighted by Gasteiger charge is 2.23. The van der Waals surface area contributed by atoms with Gasteiger partial charge in [0.1, 0.15) is 24.3 Å². The fourth-order valence-electron chi connectivity index (χ4n) is 2.82. The molecule has 0 radical (unpaired) electrons. The molecule has 1 saturated heterocycles. The minimum absolute atomic E-state index is 0. The van der Waals surface area contributed by atoms with Gasteiger partial charge >= 0.3 is 0 Å². The molecule has 1 aliphatic heterocycles. The van der Waals surface area contributed by atoms with E-state index in [1.807, 2.05) is 24.3 Å². The van der Waals surface area contributed by atoms with Crippen molar-refractivity contribution >= 4 is 28.3 Å². The van der Waals surface area contributed by atoms with Gasteiger partial charge in [-0.25, -0.2) is 4.39 Å². The van der Waals surface area contributed by atoms with Crippen LogP contribution in [0.2, 0.25) is 0 Å². The van der Waals surface area contributed by atoms with E-state index in [0.717, 1.165) is 23.1 Å². The van der Waals surface area contributed by atoms with Crippen LogP contribution in [0.5, 0.6) is 5.75 Å². The molecule has 142 valence electrons. The minimum Gasteiger partial charge on any atom is -0.491 e. The van der Waals surface area contributed by atoms with Gasteiger partial charge in [0, 0.05) is 24.1 Å². The molecule has 0 bridgehead atoms. The van der Waals surface area contributed by atoms with E-state index in [4.69, 9.17) is 9.47 Å². The van der Waals surface area contributed by atoms with Gasteiger partial charge in [-0.05, 0) is 42.0 Å². The van der Waals surface area contributed by atoms with E-state index in [-0.39, 0.29) is 30.9 Å². The quantitative estimate of drug-likeness (QED) is 0.732. The predicted octanol–water partition coefficient (Wildman–Crippen LogP) is 3.82. The van der Waals surface area contributed by atoms with Crippen molar-refractivity contribution in [2.45, 2.75) is 12.2 Å². The zero-order chi connectivity index (χ0) is 17.6. The number of aliphatic hydroxyl groups is 1. The summed E-state index contributed by atoms with van der Waals surface area (Å²) in [6.07, 6.45) is -0.610. The third kappa shape index (κ3) is 6.21. The molecule has 0 aromatic heterocycles. The van der Waals surface area contributed by atoms with Crippen LogP contribution in [0.3, 0.4) is 0 Å². The van der Waals surface area contributed by atoms with Crippen LogP contribution in [0.1, 0.15) is 11.7 Å². The highest BCUT2D eigenvalue weighted by Crippen LogP contribution is 2.24. The lowest BCUT2D eigenvalue weighted by Crippen LogP contribution is -2.43. The van der Waals surface area contributed by atoms with Crippen molar-refractivity contribution < 1.29 is 19.0 Å². The lowest BCUT2D eigenvalue weighted by molar-refractivity contribution is -0.0459. The van der Waals surface area contributed by atoms with Crippen LogP contribution < -0.4 is 4.74 Å². The normalized spacial score (nSPS) is 18.8. The van der Waals surface area contributed by atoms with Crippen LogP contribution >= 0.6 is 28.3 Å². The van der Waals surface area contributed by atoms with Crippen LogP contribution in [0.25, 0.3) is 0 Å². The number of β-amino-alcohol motifs (C(OH)–C–C–N with tert-alkyl or cyclic N) is 1. The van der Waals surface area contributed by atoms with Crippen LogP contribution in [-0.2, 0) is 4.74 Å². The molecule has 1 N–H and O–H groups in total. The van der Waals surface area contributed by atoms with E-state index in [2.05, 4.69) is 20.8 Å². The number of hydrogen-bond acceptors (Lipinski definition) is 4. The van der Waals surface area contributed by atoms with Crippen molar-refractivity contribution in [3.8, 4) is 5.75 Å². The number of rotatable bonds is 6. The second kappa shape index (κ2) is 10.2. The third-order valence-electron chi connectivity index (χ3n) is 4.12. The van der Waals surface area contributed by atoms with E-state index in [1.165, 1.54) is 12.1 Å². The first-order chi connectivity index (χ1) is 12.1. The molecule has 0 saturated carbocycles. The molecule has 2 atom stereocenters. The van der Waals surface area contributed by atoms with Gasteiger partial charge in [-0.1, -0.05) is 28.1 Å². The van der Waals surface area contributed by atoms with E-state index >= 15 is 0 Å². The Morgan fingerprint density at radius 1 is 1.19 bits per heavy atom. The summed E-state index contributed by atoms with van der Waals surface area (Å²) in [5.41, 5.74) is 1.13. The molecule has 2 aromatic carbocycles. The van der Waals surface area contributed by atoms with Gasteiger partial charge in [0.25, 0.3) is 0 Å². The minimum atomic E-state index is -0.617. The van der Waals surface area contributed by atoms with Gasteiger partial charge in [0.15, 0.2) is 0 Å². The summed E-state index contributed by atoms with van der Waals surface area (Å²) in [5.74, 6) is 0.246. The molecule has 0 amide bonds. The summed E-state index contributed by atoms with van der Waals surface area (Å²) in [4.78, 5) is 2.18. The lowest BCUT2D eigenvalue weighted by Gasteiger charge is -2.34. The van der Waals surface area contributed by atoms with E-state index in [9.17, 15) is 9.50 Å². The van der Waals surface area contributed by atoms with E-state index < -0.39 is 6.10 Å². The molecular formula is C19H22BrClFNO3. The predicted molar refractivity (Wildman–Crippen MR) is 104 cm³/mol. The van der Waals surface area contributed by atoms with Crippen molar-refractivity contribution in [2.24, 2.45) is 0 Å².